The summed E-state index contributed by atoms with van der Waals surface area (Å²) in [5.74, 6) is -0.140. The molecule has 0 saturated carbocycles. The van der Waals surface area contributed by atoms with Crippen LogP contribution in [0.15, 0.2) is 29.2 Å². The fraction of sp³-hybridized carbons (Fsp3) is 0.417. The number of hydrogen-bond donors (Lipinski definition) is 0. The summed E-state index contributed by atoms with van der Waals surface area (Å²) in [6, 6.07) is 6.04. The van der Waals surface area contributed by atoms with Gasteiger partial charge in [0, 0.05) is 19.7 Å². The summed E-state index contributed by atoms with van der Waals surface area (Å²) < 4.78 is 23.7. The Morgan fingerprint density at radius 3 is 1.94 bits per heavy atom. The molecule has 0 aliphatic heterocycles. The highest BCUT2D eigenvalue weighted by Crippen LogP contribution is 2.16. The van der Waals surface area contributed by atoms with Gasteiger partial charge in [0.2, 0.25) is 0 Å². The second-order valence-corrected chi connectivity index (χ2v) is 6.82. The molecule has 0 unspecified atom stereocenters. The molecule has 1 aromatic rings. The number of carbonyl (C=O) groups is 1. The molecule has 0 radical (unpaired) electrons. The smallest absolute Gasteiger partial charge is 0.253 e. The van der Waals surface area contributed by atoms with Crippen molar-refractivity contribution in [1.29, 1.82) is 0 Å². The largest absolute Gasteiger partial charge is 0.345 e. The predicted octanol–water partition coefficient (Wildman–Crippen LogP) is 1.57. The summed E-state index contributed by atoms with van der Waals surface area (Å²) in [7, 11) is 0.0432. The molecule has 5 heteroatoms. The van der Waals surface area contributed by atoms with Gasteiger partial charge in [-0.25, -0.2) is 8.42 Å². The molecule has 17 heavy (non-hydrogen) atoms. The van der Waals surface area contributed by atoms with Crippen LogP contribution < -0.4 is 0 Å². The van der Waals surface area contributed by atoms with E-state index in [9.17, 15) is 13.2 Å². The first-order valence-electron chi connectivity index (χ1n) is 5.32. The van der Waals surface area contributed by atoms with Crippen molar-refractivity contribution in [1.82, 2.24) is 4.90 Å². The Morgan fingerprint density at radius 1 is 1.12 bits per heavy atom. The van der Waals surface area contributed by atoms with E-state index < -0.39 is 15.1 Å². The Labute approximate surface area is 102 Å². The molecule has 4 nitrogen and oxygen atoms in total. The van der Waals surface area contributed by atoms with Crippen molar-refractivity contribution in [2.24, 2.45) is 0 Å². The quantitative estimate of drug-likeness (QED) is 0.823. The average Bonchev–Trinajstić information content (AvgIpc) is 2.27. The normalized spacial score (nSPS) is 11.6. The zero-order chi connectivity index (χ0) is 13.2. The fourth-order valence-electron chi connectivity index (χ4n) is 1.32. The number of rotatable bonds is 3. The highest BCUT2D eigenvalue weighted by atomic mass is 32.2. The van der Waals surface area contributed by atoms with Crippen LogP contribution in [0.4, 0.5) is 0 Å². The van der Waals surface area contributed by atoms with Crippen LogP contribution in [0.1, 0.15) is 24.2 Å². The van der Waals surface area contributed by atoms with Crippen LogP contribution in [0.3, 0.4) is 0 Å². The highest BCUT2D eigenvalue weighted by Gasteiger charge is 2.19. The van der Waals surface area contributed by atoms with Gasteiger partial charge < -0.3 is 4.90 Å². The molecule has 0 aliphatic carbocycles. The third kappa shape index (κ3) is 2.85. The molecule has 0 aromatic heterocycles. The highest BCUT2D eigenvalue weighted by molar-refractivity contribution is 7.92. The minimum atomic E-state index is -3.26. The maximum atomic E-state index is 11.9. The van der Waals surface area contributed by atoms with Crippen molar-refractivity contribution < 1.29 is 13.2 Å². The van der Waals surface area contributed by atoms with Gasteiger partial charge in [0.15, 0.2) is 9.84 Å². The summed E-state index contributed by atoms with van der Waals surface area (Å²) >= 11 is 0. The first kappa shape index (κ1) is 13.7. The molecule has 0 aliphatic rings. The maximum Gasteiger partial charge on any atom is 0.253 e. The van der Waals surface area contributed by atoms with E-state index in [4.69, 9.17) is 0 Å². The topological polar surface area (TPSA) is 54.5 Å². The molecule has 94 valence electrons. The van der Waals surface area contributed by atoms with Crippen molar-refractivity contribution in [2.75, 3.05) is 14.1 Å². The SMILES string of the molecule is CC(C)S(=O)(=O)c1ccc(C(=O)N(C)C)cc1. The van der Waals surface area contributed by atoms with Gasteiger partial charge in [-0.2, -0.15) is 0 Å². The molecule has 0 bridgehead atoms. The standard InChI is InChI=1S/C12H17NO3S/c1-9(2)17(15,16)11-7-5-10(6-8-11)12(14)13(3)4/h5-9H,1-4H3. The number of carbonyl (C=O) groups excluding carboxylic acids is 1. The number of nitrogens with zero attached hydrogens (tertiary/aromatic N) is 1. The maximum absolute atomic E-state index is 11.9. The lowest BCUT2D eigenvalue weighted by atomic mass is 10.2. The third-order valence-electron chi connectivity index (χ3n) is 2.46. The van der Waals surface area contributed by atoms with E-state index in [0.717, 1.165) is 0 Å². The van der Waals surface area contributed by atoms with Gasteiger partial charge in [0.25, 0.3) is 5.91 Å². The molecule has 0 spiro atoms. The molecule has 0 N–H and O–H groups in total. The molecule has 1 amide bonds. The van der Waals surface area contributed by atoms with E-state index in [1.165, 1.54) is 29.2 Å². The lowest BCUT2D eigenvalue weighted by Crippen LogP contribution is -2.21. The Morgan fingerprint density at radius 2 is 1.59 bits per heavy atom. The molecule has 0 atom stereocenters. The number of hydrogen-bond acceptors (Lipinski definition) is 3. The number of amides is 1. The number of sulfone groups is 1. The second-order valence-electron chi connectivity index (χ2n) is 4.32. The van der Waals surface area contributed by atoms with Crippen molar-refractivity contribution in [3.63, 3.8) is 0 Å². The van der Waals surface area contributed by atoms with Gasteiger partial charge in [-0.15, -0.1) is 0 Å². The van der Waals surface area contributed by atoms with Crippen LogP contribution in [-0.4, -0.2) is 38.6 Å². The molecular weight excluding hydrogens is 238 g/mol. The fourth-order valence-corrected chi connectivity index (χ4v) is 2.38. The predicted molar refractivity (Wildman–Crippen MR) is 66.8 cm³/mol. The van der Waals surface area contributed by atoms with Gasteiger partial charge in [-0.05, 0) is 38.1 Å². The minimum absolute atomic E-state index is 0.140. The van der Waals surface area contributed by atoms with Gasteiger partial charge >= 0.3 is 0 Å². The Hall–Kier alpha value is -1.36. The molecule has 0 fully saturated rings. The van der Waals surface area contributed by atoms with E-state index in [1.54, 1.807) is 27.9 Å². The first-order valence-corrected chi connectivity index (χ1v) is 6.87. The molecule has 1 rings (SSSR count). The van der Waals surface area contributed by atoms with Crippen LogP contribution in [0.2, 0.25) is 0 Å². The van der Waals surface area contributed by atoms with E-state index in [0.29, 0.717) is 5.56 Å². The molecule has 0 heterocycles. The molecular formula is C12H17NO3S. The van der Waals surface area contributed by atoms with Crippen molar-refractivity contribution >= 4 is 15.7 Å². The van der Waals surface area contributed by atoms with Crippen LogP contribution in [-0.2, 0) is 9.84 Å². The van der Waals surface area contributed by atoms with Crippen LogP contribution in [0, 0.1) is 0 Å². The van der Waals surface area contributed by atoms with Gasteiger partial charge in [0.05, 0.1) is 10.1 Å². The lowest BCUT2D eigenvalue weighted by molar-refractivity contribution is 0.0827. The molecule has 0 saturated heterocycles. The van der Waals surface area contributed by atoms with Crippen LogP contribution >= 0.6 is 0 Å². The van der Waals surface area contributed by atoms with E-state index in [-0.39, 0.29) is 10.8 Å². The minimum Gasteiger partial charge on any atom is -0.345 e. The Bertz CT molecular complexity index is 501. The zero-order valence-corrected chi connectivity index (χ0v) is 11.3. The summed E-state index contributed by atoms with van der Waals surface area (Å²) in [6.45, 7) is 3.27. The zero-order valence-electron chi connectivity index (χ0n) is 10.5. The Balaban J connectivity index is 3.09. The lowest BCUT2D eigenvalue weighted by Gasteiger charge is -2.11. The second kappa shape index (κ2) is 4.87. The van der Waals surface area contributed by atoms with Crippen LogP contribution in [0.25, 0.3) is 0 Å². The summed E-state index contributed by atoms with van der Waals surface area (Å²) in [4.78, 5) is 13.3. The van der Waals surface area contributed by atoms with Crippen molar-refractivity contribution in [3.05, 3.63) is 29.8 Å². The first-order chi connectivity index (χ1) is 7.76. The Kier molecular flexibility index (Phi) is 3.93. The molecule has 1 aromatic carbocycles. The van der Waals surface area contributed by atoms with E-state index in [2.05, 4.69) is 0 Å². The number of benzene rings is 1. The van der Waals surface area contributed by atoms with Gasteiger partial charge in [-0.1, -0.05) is 0 Å². The van der Waals surface area contributed by atoms with Gasteiger partial charge in [-0.3, -0.25) is 4.79 Å². The van der Waals surface area contributed by atoms with Crippen LogP contribution in [0.5, 0.6) is 0 Å². The van der Waals surface area contributed by atoms with E-state index in [1.807, 2.05) is 0 Å². The average molecular weight is 255 g/mol. The van der Waals surface area contributed by atoms with Crippen molar-refractivity contribution in [2.45, 2.75) is 24.0 Å². The monoisotopic (exact) mass is 255 g/mol. The third-order valence-corrected chi connectivity index (χ3v) is 4.63. The van der Waals surface area contributed by atoms with E-state index >= 15 is 0 Å². The summed E-state index contributed by atoms with van der Waals surface area (Å²) in [5.41, 5.74) is 0.484. The van der Waals surface area contributed by atoms with Gasteiger partial charge in [0.1, 0.15) is 0 Å². The van der Waals surface area contributed by atoms with Crippen molar-refractivity contribution in [3.8, 4) is 0 Å². The summed E-state index contributed by atoms with van der Waals surface area (Å²) in [5, 5.41) is -0.460. The summed E-state index contributed by atoms with van der Waals surface area (Å²) in [6.07, 6.45) is 0.